The molecule has 5 rings (SSSR count). The number of amides is 1. The van der Waals surface area contributed by atoms with Crippen LogP contribution in [0.1, 0.15) is 49.2 Å². The number of benzene rings is 3. The van der Waals surface area contributed by atoms with Gasteiger partial charge in [0.2, 0.25) is 5.76 Å². The lowest BCUT2D eigenvalue weighted by Gasteiger charge is -2.26. The summed E-state index contributed by atoms with van der Waals surface area (Å²) in [6, 6.07) is 16.4. The Bertz CT molecular complexity index is 1540. The van der Waals surface area contributed by atoms with Gasteiger partial charge in [-0.3, -0.25) is 14.5 Å². The van der Waals surface area contributed by atoms with Crippen LogP contribution in [0.4, 0.5) is 5.69 Å². The van der Waals surface area contributed by atoms with Crippen LogP contribution in [0.25, 0.3) is 11.0 Å². The zero-order valence-electron chi connectivity index (χ0n) is 18.7. The van der Waals surface area contributed by atoms with Crippen LogP contribution in [0.2, 0.25) is 5.02 Å². The number of nitrogens with zero attached hydrogens (tertiary/aromatic N) is 1. The van der Waals surface area contributed by atoms with E-state index in [1.54, 1.807) is 47.4 Å². The molecule has 0 bridgehead atoms. The molecule has 34 heavy (non-hydrogen) atoms. The molecule has 3 aromatic carbocycles. The normalized spacial score (nSPS) is 15.0. The monoisotopic (exact) mass is 473 g/mol. The van der Waals surface area contributed by atoms with Crippen LogP contribution in [-0.2, 0) is 4.74 Å². The third kappa shape index (κ3) is 3.38. The summed E-state index contributed by atoms with van der Waals surface area (Å²) in [6.45, 7) is 3.95. The minimum atomic E-state index is -0.740. The molecule has 2 heterocycles. The number of ether oxygens (including phenoxy) is 1. The lowest BCUT2D eigenvalue weighted by atomic mass is 9.97. The van der Waals surface area contributed by atoms with Crippen molar-refractivity contribution in [1.29, 1.82) is 0 Å². The average molecular weight is 474 g/mol. The van der Waals surface area contributed by atoms with Gasteiger partial charge in [0, 0.05) is 10.7 Å². The molecular formula is C27H20ClNO5. The molecule has 6 nitrogen and oxygen atoms in total. The van der Waals surface area contributed by atoms with Gasteiger partial charge in [0.15, 0.2) is 5.43 Å². The average Bonchev–Trinajstić information content (AvgIpc) is 3.13. The molecule has 170 valence electrons. The summed E-state index contributed by atoms with van der Waals surface area (Å²) in [7, 11) is 1.31. The minimum Gasteiger partial charge on any atom is -0.465 e. The summed E-state index contributed by atoms with van der Waals surface area (Å²) in [6.07, 6.45) is 0. The fourth-order valence-corrected chi connectivity index (χ4v) is 4.49. The lowest BCUT2D eigenvalue weighted by molar-refractivity contribution is 0.0600. The number of anilines is 1. The number of rotatable bonds is 3. The van der Waals surface area contributed by atoms with Crippen molar-refractivity contribution in [2.75, 3.05) is 12.0 Å². The summed E-state index contributed by atoms with van der Waals surface area (Å²) in [4.78, 5) is 40.8. The minimum absolute atomic E-state index is 0.0000879. The molecule has 1 aliphatic rings. The van der Waals surface area contributed by atoms with Crippen LogP contribution in [-0.4, -0.2) is 19.0 Å². The van der Waals surface area contributed by atoms with Crippen LogP contribution in [0.5, 0.6) is 0 Å². The van der Waals surface area contributed by atoms with Crippen LogP contribution in [0.3, 0.4) is 0 Å². The number of hydrogen-bond acceptors (Lipinski definition) is 5. The third-order valence-electron chi connectivity index (χ3n) is 6.25. The Labute approximate surface area is 200 Å². The van der Waals surface area contributed by atoms with Gasteiger partial charge in [-0.15, -0.1) is 0 Å². The Morgan fingerprint density at radius 2 is 1.71 bits per heavy atom. The van der Waals surface area contributed by atoms with E-state index >= 15 is 0 Å². The lowest BCUT2D eigenvalue weighted by Crippen LogP contribution is -2.29. The first kappa shape index (κ1) is 21.9. The maximum absolute atomic E-state index is 13.7. The molecule has 7 heteroatoms. The maximum atomic E-state index is 13.7. The first-order valence-electron chi connectivity index (χ1n) is 10.7. The highest BCUT2D eigenvalue weighted by Gasteiger charge is 2.43. The van der Waals surface area contributed by atoms with Gasteiger partial charge in [-0.25, -0.2) is 4.79 Å². The van der Waals surface area contributed by atoms with Crippen LogP contribution in [0, 0.1) is 13.8 Å². The van der Waals surface area contributed by atoms with Gasteiger partial charge in [-0.2, -0.15) is 0 Å². The van der Waals surface area contributed by atoms with Gasteiger partial charge in [0.05, 0.1) is 29.7 Å². The Hall–Kier alpha value is -3.90. The van der Waals surface area contributed by atoms with Gasteiger partial charge in [-0.1, -0.05) is 29.8 Å². The molecule has 1 unspecified atom stereocenters. The number of aryl methyl sites for hydroxylation is 2. The molecular weight excluding hydrogens is 454 g/mol. The maximum Gasteiger partial charge on any atom is 0.337 e. The molecule has 0 radical (unpaired) electrons. The Kier molecular flexibility index (Phi) is 5.25. The highest BCUT2D eigenvalue weighted by atomic mass is 35.5. The van der Waals surface area contributed by atoms with Gasteiger partial charge < -0.3 is 9.15 Å². The Morgan fingerprint density at radius 1 is 0.971 bits per heavy atom. The quantitative estimate of drug-likeness (QED) is 0.362. The Morgan fingerprint density at radius 3 is 2.38 bits per heavy atom. The highest BCUT2D eigenvalue weighted by Crippen LogP contribution is 2.41. The molecule has 1 atom stereocenters. The van der Waals surface area contributed by atoms with Crippen LogP contribution in [0.15, 0.2) is 69.9 Å². The molecule has 0 aliphatic carbocycles. The zero-order valence-corrected chi connectivity index (χ0v) is 19.5. The molecule has 0 saturated heterocycles. The topological polar surface area (TPSA) is 76.8 Å². The van der Waals surface area contributed by atoms with E-state index in [2.05, 4.69) is 0 Å². The molecule has 4 aromatic rings. The molecule has 0 fully saturated rings. The van der Waals surface area contributed by atoms with Crippen LogP contribution >= 0.6 is 11.6 Å². The van der Waals surface area contributed by atoms with Gasteiger partial charge in [0.1, 0.15) is 5.58 Å². The standard InChI is InChI=1S/C27H20ClNO5/c1-14-4-10-19(12-15(14)2)29-23(16-5-7-17(8-6-16)27(32)33-3)22-24(30)20-13-18(28)9-11-21(20)34-25(22)26(29)31/h4-13,23H,1-3H3. The number of fused-ring (bicyclic) bond motifs is 2. The molecule has 1 aliphatic heterocycles. The Balaban J connectivity index is 1.77. The van der Waals surface area contributed by atoms with Crippen LogP contribution < -0.4 is 10.3 Å². The van der Waals surface area contributed by atoms with E-state index in [1.165, 1.54) is 7.11 Å². The van der Waals surface area contributed by atoms with E-state index in [4.69, 9.17) is 20.8 Å². The second-order valence-electron chi connectivity index (χ2n) is 8.27. The summed E-state index contributed by atoms with van der Waals surface area (Å²) < 4.78 is 10.8. The van der Waals surface area contributed by atoms with E-state index in [0.717, 1.165) is 11.1 Å². The number of carbonyl (C=O) groups is 2. The van der Waals surface area contributed by atoms with E-state index in [0.29, 0.717) is 32.8 Å². The predicted molar refractivity (Wildman–Crippen MR) is 130 cm³/mol. The third-order valence-corrected chi connectivity index (χ3v) is 6.48. The fraction of sp³-hybridized carbons (Fsp3) is 0.148. The second kappa shape index (κ2) is 8.15. The summed E-state index contributed by atoms with van der Waals surface area (Å²) in [5.41, 5.74) is 3.98. The van der Waals surface area contributed by atoms with Crippen molar-refractivity contribution in [2.24, 2.45) is 0 Å². The van der Waals surface area contributed by atoms with Gasteiger partial charge >= 0.3 is 5.97 Å². The van der Waals surface area contributed by atoms with Crippen molar-refractivity contribution < 1.29 is 18.7 Å². The molecule has 0 spiro atoms. The van der Waals surface area contributed by atoms with Crippen molar-refractivity contribution >= 4 is 40.1 Å². The fourth-order valence-electron chi connectivity index (χ4n) is 4.32. The van der Waals surface area contributed by atoms with Crippen molar-refractivity contribution in [3.63, 3.8) is 0 Å². The number of esters is 1. The molecule has 0 N–H and O–H groups in total. The summed E-state index contributed by atoms with van der Waals surface area (Å²) >= 11 is 6.14. The van der Waals surface area contributed by atoms with Crippen molar-refractivity contribution in [1.82, 2.24) is 0 Å². The largest absolute Gasteiger partial charge is 0.465 e. The number of hydrogen-bond donors (Lipinski definition) is 0. The smallest absolute Gasteiger partial charge is 0.337 e. The van der Waals surface area contributed by atoms with Crippen molar-refractivity contribution in [3.05, 3.63) is 109 Å². The first-order valence-corrected chi connectivity index (χ1v) is 11.0. The molecule has 0 saturated carbocycles. The second-order valence-corrected chi connectivity index (χ2v) is 8.71. The van der Waals surface area contributed by atoms with E-state index in [1.807, 2.05) is 32.0 Å². The van der Waals surface area contributed by atoms with E-state index < -0.39 is 17.9 Å². The van der Waals surface area contributed by atoms with Gasteiger partial charge in [-0.05, 0) is 73.0 Å². The summed E-state index contributed by atoms with van der Waals surface area (Å²) in [5.74, 6) is -0.880. The van der Waals surface area contributed by atoms with E-state index in [9.17, 15) is 14.4 Å². The summed E-state index contributed by atoms with van der Waals surface area (Å²) in [5, 5.41) is 0.700. The van der Waals surface area contributed by atoms with E-state index in [-0.39, 0.29) is 16.8 Å². The molecule has 1 aromatic heterocycles. The zero-order chi connectivity index (χ0) is 24.1. The number of methoxy groups -OCH3 is 1. The number of halogens is 1. The first-order chi connectivity index (χ1) is 16.3. The van der Waals surface area contributed by atoms with Crippen molar-refractivity contribution in [2.45, 2.75) is 19.9 Å². The highest BCUT2D eigenvalue weighted by molar-refractivity contribution is 6.31. The number of carbonyl (C=O) groups excluding carboxylic acids is 2. The van der Waals surface area contributed by atoms with Gasteiger partial charge in [0.25, 0.3) is 5.91 Å². The SMILES string of the molecule is COC(=O)c1ccc(C2c3c(oc4ccc(Cl)cc4c3=O)C(=O)N2c2ccc(C)c(C)c2)cc1. The van der Waals surface area contributed by atoms with Crippen molar-refractivity contribution in [3.8, 4) is 0 Å². The molecule has 1 amide bonds. The predicted octanol–water partition coefficient (Wildman–Crippen LogP) is 5.60.